The predicted octanol–water partition coefficient (Wildman–Crippen LogP) is -1.65. The van der Waals surface area contributed by atoms with Crippen LogP contribution in [0.25, 0.3) is 0 Å². The number of esters is 1. The van der Waals surface area contributed by atoms with E-state index in [1.54, 1.807) is 0 Å². The number of hydrogen-bond donors (Lipinski definition) is 5. The van der Waals surface area contributed by atoms with E-state index in [0.29, 0.717) is 0 Å². The molecule has 0 radical (unpaired) electrons. The van der Waals surface area contributed by atoms with Crippen LogP contribution in [0.2, 0.25) is 0 Å². The van der Waals surface area contributed by atoms with Gasteiger partial charge in [0.2, 0.25) is 0 Å². The van der Waals surface area contributed by atoms with Crippen molar-refractivity contribution in [1.82, 2.24) is 0 Å². The number of phenols is 1. The monoisotopic (exact) mass is 300 g/mol. The van der Waals surface area contributed by atoms with Gasteiger partial charge in [-0.25, -0.2) is 4.79 Å². The topological polar surface area (TPSA) is 137 Å². The molecule has 1 aliphatic heterocycles. The Morgan fingerprint density at radius 1 is 1.10 bits per heavy atom. The number of para-hydroxylation sites is 1. The first-order valence-corrected chi connectivity index (χ1v) is 6.24. The maximum Gasteiger partial charge on any atom is 0.342 e. The van der Waals surface area contributed by atoms with Crippen LogP contribution in [-0.2, 0) is 9.47 Å². The molecule has 0 amide bonds. The fourth-order valence-corrected chi connectivity index (χ4v) is 1.95. The molecular weight excluding hydrogens is 284 g/mol. The van der Waals surface area contributed by atoms with Crippen LogP contribution in [0.3, 0.4) is 0 Å². The first kappa shape index (κ1) is 15.7. The van der Waals surface area contributed by atoms with Gasteiger partial charge in [-0.15, -0.1) is 0 Å². The number of rotatable bonds is 3. The average molecular weight is 300 g/mol. The molecule has 0 aliphatic carbocycles. The number of aliphatic hydroxyl groups is 4. The van der Waals surface area contributed by atoms with E-state index in [4.69, 9.17) is 9.47 Å². The highest BCUT2D eigenvalue weighted by molar-refractivity contribution is 5.92. The van der Waals surface area contributed by atoms with Crippen LogP contribution < -0.4 is 0 Å². The minimum Gasteiger partial charge on any atom is -0.507 e. The van der Waals surface area contributed by atoms with Gasteiger partial charge in [-0.3, -0.25) is 0 Å². The summed E-state index contributed by atoms with van der Waals surface area (Å²) in [5.74, 6) is -1.11. The van der Waals surface area contributed by atoms with Gasteiger partial charge in [-0.05, 0) is 12.1 Å². The molecular formula is C13H16O8. The van der Waals surface area contributed by atoms with Crippen molar-refractivity contribution < 1.29 is 39.8 Å². The van der Waals surface area contributed by atoms with Gasteiger partial charge < -0.3 is 35.0 Å². The maximum absolute atomic E-state index is 11.7. The Bertz CT molecular complexity index is 505. The number of aromatic hydroxyl groups is 1. The number of phenolic OH excluding ortho intramolecular Hbond substituents is 1. The van der Waals surface area contributed by atoms with Crippen LogP contribution >= 0.6 is 0 Å². The maximum atomic E-state index is 11.7. The molecule has 0 bridgehead atoms. The fraction of sp³-hybridized carbons (Fsp3) is 0.462. The van der Waals surface area contributed by atoms with Gasteiger partial charge in [-0.1, -0.05) is 12.1 Å². The molecule has 1 aromatic rings. The molecule has 5 atom stereocenters. The summed E-state index contributed by atoms with van der Waals surface area (Å²) in [5, 5.41) is 47.3. The molecule has 116 valence electrons. The number of hydrogen-bond acceptors (Lipinski definition) is 8. The molecule has 21 heavy (non-hydrogen) atoms. The van der Waals surface area contributed by atoms with Gasteiger partial charge in [0.25, 0.3) is 0 Å². The van der Waals surface area contributed by atoms with Crippen LogP contribution in [0.5, 0.6) is 5.75 Å². The molecule has 8 nitrogen and oxygen atoms in total. The summed E-state index contributed by atoms with van der Waals surface area (Å²) in [5.41, 5.74) is -0.0658. The number of benzene rings is 1. The van der Waals surface area contributed by atoms with Gasteiger partial charge in [0, 0.05) is 0 Å². The number of ether oxygens (including phenoxy) is 2. The van der Waals surface area contributed by atoms with Crippen LogP contribution in [-0.4, -0.2) is 68.8 Å². The normalized spacial score (nSPS) is 32.7. The van der Waals surface area contributed by atoms with Crippen LogP contribution in [0, 0.1) is 0 Å². The minimum atomic E-state index is -1.70. The average Bonchev–Trinajstić information content (AvgIpc) is 2.47. The van der Waals surface area contributed by atoms with Gasteiger partial charge in [0.05, 0.1) is 0 Å². The molecule has 0 unspecified atom stereocenters. The Morgan fingerprint density at radius 3 is 2.43 bits per heavy atom. The molecule has 1 aromatic carbocycles. The van der Waals surface area contributed by atoms with Gasteiger partial charge in [0.1, 0.15) is 42.3 Å². The van der Waals surface area contributed by atoms with E-state index in [9.17, 15) is 30.3 Å². The van der Waals surface area contributed by atoms with Crippen molar-refractivity contribution in [2.24, 2.45) is 0 Å². The zero-order valence-electron chi connectivity index (χ0n) is 10.9. The van der Waals surface area contributed by atoms with Crippen molar-refractivity contribution in [3.05, 3.63) is 29.8 Å². The second kappa shape index (κ2) is 6.37. The Hall–Kier alpha value is -1.71. The minimum absolute atomic E-state index is 0.0658. The third kappa shape index (κ3) is 3.31. The summed E-state index contributed by atoms with van der Waals surface area (Å²) in [7, 11) is 0. The Balaban J connectivity index is 1.97. The second-order valence-corrected chi connectivity index (χ2v) is 4.65. The lowest BCUT2D eigenvalue weighted by Crippen LogP contribution is -2.58. The fourth-order valence-electron chi connectivity index (χ4n) is 1.95. The number of carbonyl (C=O) groups excluding carboxylic acids is 1. The van der Waals surface area contributed by atoms with Gasteiger partial charge in [-0.2, -0.15) is 0 Å². The van der Waals surface area contributed by atoms with E-state index >= 15 is 0 Å². The van der Waals surface area contributed by atoms with E-state index in [1.807, 2.05) is 0 Å². The van der Waals surface area contributed by atoms with Crippen molar-refractivity contribution in [2.45, 2.75) is 30.7 Å². The van der Waals surface area contributed by atoms with Crippen molar-refractivity contribution in [1.29, 1.82) is 0 Å². The highest BCUT2D eigenvalue weighted by Gasteiger charge is 2.43. The zero-order valence-corrected chi connectivity index (χ0v) is 10.9. The summed E-state index contributed by atoms with van der Waals surface area (Å²) in [6.07, 6.45) is -7.70. The van der Waals surface area contributed by atoms with Crippen molar-refractivity contribution in [3.63, 3.8) is 0 Å². The third-order valence-electron chi connectivity index (χ3n) is 3.19. The van der Waals surface area contributed by atoms with E-state index < -0.39 is 43.3 Å². The molecule has 5 N–H and O–H groups in total. The Kier molecular flexibility index (Phi) is 4.76. The lowest BCUT2D eigenvalue weighted by molar-refractivity contribution is -0.286. The molecule has 1 fully saturated rings. The van der Waals surface area contributed by atoms with E-state index in [2.05, 4.69) is 0 Å². The van der Waals surface area contributed by atoms with Crippen LogP contribution in [0.1, 0.15) is 10.4 Å². The summed E-state index contributed by atoms with van der Waals surface area (Å²) in [4.78, 5) is 11.7. The van der Waals surface area contributed by atoms with E-state index in [-0.39, 0.29) is 11.3 Å². The zero-order chi connectivity index (χ0) is 15.6. The number of carbonyl (C=O) groups is 1. The molecule has 8 heteroatoms. The molecule has 1 aliphatic rings. The lowest BCUT2D eigenvalue weighted by Gasteiger charge is -2.37. The molecule has 0 aromatic heterocycles. The van der Waals surface area contributed by atoms with Crippen molar-refractivity contribution >= 4 is 5.97 Å². The first-order chi connectivity index (χ1) is 9.91. The molecule has 1 heterocycles. The quantitative estimate of drug-likeness (QED) is 0.419. The molecule has 1 saturated heterocycles. The Labute approximate surface area is 119 Å². The van der Waals surface area contributed by atoms with E-state index in [0.717, 1.165) is 0 Å². The largest absolute Gasteiger partial charge is 0.507 e. The highest BCUT2D eigenvalue weighted by atomic mass is 16.6. The summed E-state index contributed by atoms with van der Waals surface area (Å²) < 4.78 is 9.72. The lowest BCUT2D eigenvalue weighted by atomic mass is 9.99. The van der Waals surface area contributed by atoms with E-state index in [1.165, 1.54) is 24.3 Å². The second-order valence-electron chi connectivity index (χ2n) is 4.65. The highest BCUT2D eigenvalue weighted by Crippen LogP contribution is 2.21. The summed E-state index contributed by atoms with van der Waals surface area (Å²) in [6.45, 7) is -0.463. The molecule has 2 rings (SSSR count). The summed E-state index contributed by atoms with van der Waals surface area (Å²) in [6, 6.07) is 5.73. The van der Waals surface area contributed by atoms with Gasteiger partial charge in [0.15, 0.2) is 6.29 Å². The smallest absolute Gasteiger partial charge is 0.342 e. The van der Waals surface area contributed by atoms with Gasteiger partial charge >= 0.3 is 5.97 Å². The molecule has 0 spiro atoms. The van der Waals surface area contributed by atoms with Crippen molar-refractivity contribution in [3.8, 4) is 5.75 Å². The standard InChI is InChI=1S/C13H16O8/c14-7-4-2-1-3-6(7)12(18)20-5-8-9(15)10(16)11(17)13(19)21-8/h1-4,8-11,13-17,19H,5H2/t8-,9-,10+,11-,13+/m1/s1. The Morgan fingerprint density at radius 2 is 1.76 bits per heavy atom. The van der Waals surface area contributed by atoms with Crippen LogP contribution in [0.4, 0.5) is 0 Å². The predicted molar refractivity (Wildman–Crippen MR) is 67.3 cm³/mol. The first-order valence-electron chi connectivity index (χ1n) is 6.24. The molecule has 0 saturated carbocycles. The number of aliphatic hydroxyl groups excluding tert-OH is 4. The van der Waals surface area contributed by atoms with Crippen molar-refractivity contribution in [2.75, 3.05) is 6.61 Å². The van der Waals surface area contributed by atoms with Crippen LogP contribution in [0.15, 0.2) is 24.3 Å². The SMILES string of the molecule is O=C(OC[C@H]1O[C@H](O)[C@H](O)[C@@H](O)[C@@H]1O)c1ccccc1O. The third-order valence-corrected chi connectivity index (χ3v) is 3.19. The summed E-state index contributed by atoms with van der Waals surface area (Å²) >= 11 is 0.